The van der Waals surface area contributed by atoms with E-state index in [0.29, 0.717) is 23.6 Å². The molecular weight excluding hydrogens is 524 g/mol. The highest BCUT2D eigenvalue weighted by molar-refractivity contribution is 8.02. The summed E-state index contributed by atoms with van der Waals surface area (Å²) in [6.45, 7) is 13.5. The highest BCUT2D eigenvalue weighted by atomic mass is 35.5. The number of para-hydroxylation sites is 1. The smallest absolute Gasteiger partial charge is 0.310 e. The number of halogens is 1. The fourth-order valence-electron chi connectivity index (χ4n) is 6.58. The zero-order chi connectivity index (χ0) is 27.8. The summed E-state index contributed by atoms with van der Waals surface area (Å²) in [6.07, 6.45) is 4.54. The topological polar surface area (TPSA) is 87.1 Å². The Kier molecular flexibility index (Phi) is 8.65. The number of benzene rings is 1. The molecule has 9 heteroatoms. The Labute approximate surface area is 234 Å². The average Bonchev–Trinajstić information content (AvgIpc) is 3.47. The van der Waals surface area contributed by atoms with Gasteiger partial charge in [0.15, 0.2) is 0 Å². The maximum absolute atomic E-state index is 14.6. The molecule has 0 aromatic heterocycles. The molecule has 3 saturated heterocycles. The second-order valence-corrected chi connectivity index (χ2v) is 12.7. The summed E-state index contributed by atoms with van der Waals surface area (Å²) in [7, 11) is 0. The van der Waals surface area contributed by atoms with Gasteiger partial charge in [-0.2, -0.15) is 0 Å². The molecule has 3 aliphatic heterocycles. The highest BCUT2D eigenvalue weighted by Crippen LogP contribution is 2.69. The predicted octanol–water partition coefficient (Wildman–Crippen LogP) is 4.33. The third-order valence-electron chi connectivity index (χ3n) is 8.29. The summed E-state index contributed by atoms with van der Waals surface area (Å²) in [4.78, 5) is 45.5. The van der Waals surface area contributed by atoms with Crippen LogP contribution in [0, 0.1) is 23.7 Å². The SMILES string of the molecule is C=CCCOC(=O)[C@@H]1[C@H]2C(=O)N([C@@H](CO)C(C)C)C(C(=O)N(CC=C)c3ccccc3Cl)C23S[C@@H]1CC3C. The van der Waals surface area contributed by atoms with E-state index in [9.17, 15) is 19.5 Å². The number of esters is 1. The summed E-state index contributed by atoms with van der Waals surface area (Å²) in [6, 6.07) is 5.62. The van der Waals surface area contributed by atoms with Crippen LogP contribution in [0.5, 0.6) is 0 Å². The van der Waals surface area contributed by atoms with Crippen LogP contribution in [0.25, 0.3) is 0 Å². The molecule has 2 amide bonds. The lowest BCUT2D eigenvalue weighted by atomic mass is 9.66. The van der Waals surface area contributed by atoms with Crippen molar-refractivity contribution in [1.82, 2.24) is 4.90 Å². The minimum absolute atomic E-state index is 0.00837. The first kappa shape index (κ1) is 28.7. The van der Waals surface area contributed by atoms with Crippen LogP contribution in [-0.4, -0.2) is 69.6 Å². The van der Waals surface area contributed by atoms with Crippen molar-refractivity contribution in [2.75, 3.05) is 24.7 Å². The van der Waals surface area contributed by atoms with Crippen molar-refractivity contribution in [3.05, 3.63) is 54.6 Å². The Morgan fingerprint density at radius 2 is 2.03 bits per heavy atom. The summed E-state index contributed by atoms with van der Waals surface area (Å²) < 4.78 is 4.74. The fraction of sp³-hybridized carbons (Fsp3) is 0.552. The molecule has 0 radical (unpaired) electrons. The first-order chi connectivity index (χ1) is 18.1. The first-order valence-corrected chi connectivity index (χ1v) is 14.5. The van der Waals surface area contributed by atoms with Crippen LogP contribution in [0.3, 0.4) is 0 Å². The van der Waals surface area contributed by atoms with E-state index in [0.717, 1.165) is 0 Å². The van der Waals surface area contributed by atoms with E-state index in [1.807, 2.05) is 19.9 Å². The summed E-state index contributed by atoms with van der Waals surface area (Å²) >= 11 is 8.11. The second kappa shape index (κ2) is 11.4. The van der Waals surface area contributed by atoms with Crippen molar-refractivity contribution in [2.24, 2.45) is 23.7 Å². The summed E-state index contributed by atoms with van der Waals surface area (Å²) in [5.74, 6) is -2.42. The lowest BCUT2D eigenvalue weighted by molar-refractivity contribution is -0.155. The molecule has 0 aliphatic carbocycles. The molecule has 38 heavy (non-hydrogen) atoms. The number of rotatable bonds is 11. The molecule has 3 fully saturated rings. The average molecular weight is 561 g/mol. The van der Waals surface area contributed by atoms with Crippen LogP contribution in [-0.2, 0) is 19.1 Å². The minimum atomic E-state index is -0.883. The molecule has 206 valence electrons. The number of anilines is 1. The van der Waals surface area contributed by atoms with Gasteiger partial charge in [0, 0.05) is 11.8 Å². The van der Waals surface area contributed by atoms with Crippen LogP contribution < -0.4 is 4.90 Å². The molecule has 2 bridgehead atoms. The van der Waals surface area contributed by atoms with Gasteiger partial charge in [-0.3, -0.25) is 14.4 Å². The number of thioether (sulfide) groups is 1. The molecule has 1 spiro atoms. The number of aliphatic hydroxyl groups is 1. The Balaban J connectivity index is 1.84. The van der Waals surface area contributed by atoms with Crippen LogP contribution in [0.15, 0.2) is 49.6 Å². The van der Waals surface area contributed by atoms with Gasteiger partial charge in [-0.05, 0) is 36.8 Å². The van der Waals surface area contributed by atoms with E-state index in [-0.39, 0.29) is 48.7 Å². The molecule has 4 rings (SSSR count). The number of likely N-dealkylation sites (tertiary alicyclic amines) is 1. The molecule has 0 saturated carbocycles. The van der Waals surface area contributed by atoms with E-state index in [1.165, 1.54) is 0 Å². The zero-order valence-corrected chi connectivity index (χ0v) is 23.8. The van der Waals surface area contributed by atoms with Gasteiger partial charge in [0.25, 0.3) is 5.91 Å². The number of hydrogen-bond acceptors (Lipinski definition) is 6. The minimum Gasteiger partial charge on any atom is -0.465 e. The standard InChI is InChI=1S/C29H37ClN2O5S/c1-6-8-14-37-28(36)23-22-15-18(5)29(38-22)24(23)26(34)32(21(16-33)17(3)4)25(29)27(35)31(13-7-2)20-12-10-9-11-19(20)30/h6-7,9-12,17-18,21-25,33H,1-2,8,13-16H2,3-5H3/t18?,21-,22+,23-,24-,25?,29?/m0/s1. The number of fused-ring (bicyclic) bond motifs is 1. The molecule has 7 nitrogen and oxygen atoms in total. The van der Waals surface area contributed by atoms with Gasteiger partial charge in [0.1, 0.15) is 6.04 Å². The molecule has 7 atom stereocenters. The monoisotopic (exact) mass is 560 g/mol. The fourth-order valence-corrected chi connectivity index (χ4v) is 9.21. The summed E-state index contributed by atoms with van der Waals surface area (Å²) in [5, 5.41) is 10.7. The summed E-state index contributed by atoms with van der Waals surface area (Å²) in [5.41, 5.74) is 0.530. The Hall–Kier alpha value is -2.29. The number of nitrogens with zero attached hydrogens (tertiary/aromatic N) is 2. The molecular formula is C29H37ClN2O5S. The van der Waals surface area contributed by atoms with Gasteiger partial charge in [0.05, 0.1) is 46.5 Å². The van der Waals surface area contributed by atoms with Crippen molar-refractivity contribution in [2.45, 2.75) is 55.7 Å². The van der Waals surface area contributed by atoms with Gasteiger partial charge >= 0.3 is 5.97 Å². The number of carbonyl (C=O) groups is 3. The van der Waals surface area contributed by atoms with Crippen LogP contribution in [0.2, 0.25) is 5.02 Å². The molecule has 3 aliphatic rings. The van der Waals surface area contributed by atoms with Crippen molar-refractivity contribution >= 4 is 46.8 Å². The van der Waals surface area contributed by atoms with Gasteiger partial charge in [-0.15, -0.1) is 24.9 Å². The van der Waals surface area contributed by atoms with Gasteiger partial charge in [-0.25, -0.2) is 0 Å². The highest BCUT2D eigenvalue weighted by Gasteiger charge is 2.77. The van der Waals surface area contributed by atoms with Crippen molar-refractivity contribution in [3.8, 4) is 0 Å². The normalized spacial score (nSPS) is 30.3. The van der Waals surface area contributed by atoms with Crippen LogP contribution in [0.1, 0.15) is 33.6 Å². The Morgan fingerprint density at radius 1 is 1.32 bits per heavy atom. The number of amides is 2. The largest absolute Gasteiger partial charge is 0.465 e. The molecule has 1 N–H and O–H groups in total. The van der Waals surface area contributed by atoms with E-state index in [2.05, 4.69) is 20.1 Å². The third-order valence-corrected chi connectivity index (χ3v) is 10.7. The van der Waals surface area contributed by atoms with E-state index in [4.69, 9.17) is 16.3 Å². The quantitative estimate of drug-likeness (QED) is 0.246. The molecule has 3 heterocycles. The zero-order valence-electron chi connectivity index (χ0n) is 22.2. The predicted molar refractivity (Wildman–Crippen MR) is 151 cm³/mol. The van der Waals surface area contributed by atoms with E-state index >= 15 is 0 Å². The molecule has 3 unspecified atom stereocenters. The third kappa shape index (κ3) is 4.48. The van der Waals surface area contributed by atoms with Crippen molar-refractivity contribution in [1.29, 1.82) is 0 Å². The first-order valence-electron chi connectivity index (χ1n) is 13.2. The number of carbonyl (C=O) groups excluding carboxylic acids is 3. The number of hydrogen-bond donors (Lipinski definition) is 1. The van der Waals surface area contributed by atoms with Crippen molar-refractivity contribution in [3.63, 3.8) is 0 Å². The van der Waals surface area contributed by atoms with Crippen molar-refractivity contribution < 1.29 is 24.2 Å². The van der Waals surface area contributed by atoms with Crippen LogP contribution >= 0.6 is 23.4 Å². The second-order valence-electron chi connectivity index (χ2n) is 10.7. The van der Waals surface area contributed by atoms with Gasteiger partial charge in [-0.1, -0.05) is 56.7 Å². The van der Waals surface area contributed by atoms with Crippen LogP contribution in [0.4, 0.5) is 5.69 Å². The molecule has 1 aromatic rings. The number of aliphatic hydroxyl groups excluding tert-OH is 1. The lowest BCUT2D eigenvalue weighted by Gasteiger charge is -2.42. The maximum Gasteiger partial charge on any atom is 0.310 e. The lowest BCUT2D eigenvalue weighted by Crippen LogP contribution is -2.60. The van der Waals surface area contributed by atoms with Gasteiger partial charge < -0.3 is 19.6 Å². The Morgan fingerprint density at radius 3 is 2.63 bits per heavy atom. The maximum atomic E-state index is 14.6. The Bertz CT molecular complexity index is 1110. The molecule has 1 aromatic carbocycles. The van der Waals surface area contributed by atoms with E-state index < -0.39 is 34.6 Å². The number of ether oxygens (including phenoxy) is 1. The van der Waals surface area contributed by atoms with Gasteiger partial charge in [0.2, 0.25) is 5.91 Å². The van der Waals surface area contributed by atoms with E-state index in [1.54, 1.807) is 51.9 Å².